The number of esters is 1. The minimum Gasteiger partial charge on any atom is -0.465 e. The molecule has 1 aromatic carbocycles. The van der Waals surface area contributed by atoms with Gasteiger partial charge in [0.05, 0.1) is 31.6 Å². The Bertz CT molecular complexity index is 674. The molecule has 8 nitrogen and oxygen atoms in total. The van der Waals surface area contributed by atoms with Crippen molar-refractivity contribution in [2.45, 2.75) is 0 Å². The molecule has 1 N–H and O–H groups in total. The van der Waals surface area contributed by atoms with E-state index < -0.39 is 11.9 Å². The van der Waals surface area contributed by atoms with Crippen molar-refractivity contribution in [2.24, 2.45) is 0 Å². The lowest BCUT2D eigenvalue weighted by molar-refractivity contribution is -0.112. The van der Waals surface area contributed by atoms with Crippen molar-refractivity contribution in [1.82, 2.24) is 4.90 Å². The highest BCUT2D eigenvalue weighted by atomic mass is 16.5. The van der Waals surface area contributed by atoms with E-state index in [0.717, 1.165) is 0 Å². The number of amides is 1. The number of nitriles is 1. The zero-order chi connectivity index (χ0) is 19.4. The van der Waals surface area contributed by atoms with Crippen LogP contribution in [0.5, 0.6) is 0 Å². The third-order valence-corrected chi connectivity index (χ3v) is 3.42. The largest absolute Gasteiger partial charge is 0.465 e. The first-order chi connectivity index (χ1) is 12.6. The molecule has 1 rings (SSSR count). The maximum atomic E-state index is 12.4. The molecule has 0 saturated carbocycles. The van der Waals surface area contributed by atoms with Crippen LogP contribution in [0.4, 0.5) is 5.69 Å². The zero-order valence-electron chi connectivity index (χ0n) is 15.2. The van der Waals surface area contributed by atoms with E-state index in [1.807, 2.05) is 6.07 Å². The highest BCUT2D eigenvalue weighted by molar-refractivity contribution is 6.09. The molecule has 0 aliphatic heterocycles. The van der Waals surface area contributed by atoms with E-state index in [9.17, 15) is 14.9 Å². The molecule has 0 radical (unpaired) electrons. The molecular formula is C18H23N3O5. The van der Waals surface area contributed by atoms with Crippen LogP contribution in [0.1, 0.15) is 10.4 Å². The molecule has 0 bridgehead atoms. The first kappa shape index (κ1) is 21.2. The van der Waals surface area contributed by atoms with Crippen molar-refractivity contribution in [3.63, 3.8) is 0 Å². The van der Waals surface area contributed by atoms with Gasteiger partial charge in [0, 0.05) is 33.5 Å². The van der Waals surface area contributed by atoms with Gasteiger partial charge in [-0.05, 0) is 12.1 Å². The number of ether oxygens (including phenoxy) is 3. The van der Waals surface area contributed by atoms with Crippen LogP contribution in [0, 0.1) is 11.3 Å². The van der Waals surface area contributed by atoms with Crippen LogP contribution in [0.25, 0.3) is 0 Å². The number of anilines is 1. The van der Waals surface area contributed by atoms with Crippen molar-refractivity contribution in [2.75, 3.05) is 52.9 Å². The van der Waals surface area contributed by atoms with E-state index in [-0.39, 0.29) is 16.8 Å². The lowest BCUT2D eigenvalue weighted by atomic mass is 10.1. The lowest BCUT2D eigenvalue weighted by Gasteiger charge is -2.20. The number of carbonyl (C=O) groups is 2. The smallest absolute Gasteiger partial charge is 0.339 e. The van der Waals surface area contributed by atoms with Crippen LogP contribution in [0.3, 0.4) is 0 Å². The third kappa shape index (κ3) is 6.55. The van der Waals surface area contributed by atoms with Gasteiger partial charge in [-0.2, -0.15) is 5.26 Å². The summed E-state index contributed by atoms with van der Waals surface area (Å²) >= 11 is 0. The Morgan fingerprint density at radius 3 is 2.31 bits per heavy atom. The standard InChI is InChI=1S/C18H23N3O5/c1-24-10-8-21(9-11-25-2)13-14(12-19)17(22)20-16-7-5-4-6-15(16)18(23)26-3/h4-7,13H,8-11H2,1-3H3,(H,20,22)/b14-13-. The van der Waals surface area contributed by atoms with Crippen LogP contribution < -0.4 is 5.32 Å². The Hall–Kier alpha value is -2.89. The normalized spacial score (nSPS) is 10.8. The van der Waals surface area contributed by atoms with Crippen molar-refractivity contribution >= 4 is 17.6 Å². The van der Waals surface area contributed by atoms with Crippen LogP contribution >= 0.6 is 0 Å². The van der Waals surface area contributed by atoms with E-state index in [0.29, 0.717) is 26.3 Å². The molecular weight excluding hydrogens is 338 g/mol. The predicted molar refractivity (Wildman–Crippen MR) is 95.4 cm³/mol. The number of rotatable bonds is 10. The maximum absolute atomic E-state index is 12.4. The molecule has 26 heavy (non-hydrogen) atoms. The first-order valence-corrected chi connectivity index (χ1v) is 7.89. The van der Waals surface area contributed by atoms with Gasteiger partial charge in [-0.3, -0.25) is 4.79 Å². The fourth-order valence-corrected chi connectivity index (χ4v) is 2.05. The highest BCUT2D eigenvalue weighted by Crippen LogP contribution is 2.17. The summed E-state index contributed by atoms with van der Waals surface area (Å²) in [6.45, 7) is 1.87. The summed E-state index contributed by atoms with van der Waals surface area (Å²) in [6, 6.07) is 8.29. The second-order valence-corrected chi connectivity index (χ2v) is 5.17. The Balaban J connectivity index is 2.97. The van der Waals surface area contributed by atoms with Gasteiger partial charge in [0.1, 0.15) is 11.6 Å². The van der Waals surface area contributed by atoms with Crippen LogP contribution in [-0.2, 0) is 19.0 Å². The second kappa shape index (κ2) is 11.6. The molecule has 0 atom stereocenters. The fraction of sp³-hybridized carbons (Fsp3) is 0.389. The number of nitrogens with zero attached hydrogens (tertiary/aromatic N) is 2. The number of carbonyl (C=O) groups excluding carboxylic acids is 2. The van der Waals surface area contributed by atoms with Crippen molar-refractivity contribution in [3.05, 3.63) is 41.6 Å². The van der Waals surface area contributed by atoms with Gasteiger partial charge in [0.2, 0.25) is 0 Å². The Morgan fingerprint density at radius 2 is 1.77 bits per heavy atom. The number of benzene rings is 1. The fourth-order valence-electron chi connectivity index (χ4n) is 2.05. The second-order valence-electron chi connectivity index (χ2n) is 5.17. The zero-order valence-corrected chi connectivity index (χ0v) is 15.2. The van der Waals surface area contributed by atoms with E-state index in [1.54, 1.807) is 37.3 Å². The van der Waals surface area contributed by atoms with Gasteiger partial charge in [-0.1, -0.05) is 12.1 Å². The molecule has 0 fully saturated rings. The van der Waals surface area contributed by atoms with Gasteiger partial charge in [-0.25, -0.2) is 4.79 Å². The number of hydrogen-bond acceptors (Lipinski definition) is 7. The quantitative estimate of drug-likeness (QED) is 0.382. The molecule has 0 heterocycles. The number of methoxy groups -OCH3 is 3. The minimum atomic E-state index is -0.622. The summed E-state index contributed by atoms with van der Waals surface area (Å²) in [5, 5.41) is 11.9. The van der Waals surface area contributed by atoms with Crippen LogP contribution in [-0.4, -0.2) is 64.4 Å². The SMILES string of the molecule is COCCN(/C=C(/C#N)C(=O)Nc1ccccc1C(=O)OC)CCOC. The lowest BCUT2D eigenvalue weighted by Crippen LogP contribution is -2.28. The Morgan fingerprint density at radius 1 is 1.15 bits per heavy atom. The van der Waals surface area contributed by atoms with Gasteiger partial charge >= 0.3 is 5.97 Å². The first-order valence-electron chi connectivity index (χ1n) is 7.89. The molecule has 8 heteroatoms. The average Bonchev–Trinajstić information content (AvgIpc) is 2.67. The predicted octanol–water partition coefficient (Wildman–Crippen LogP) is 1.41. The third-order valence-electron chi connectivity index (χ3n) is 3.42. The van der Waals surface area contributed by atoms with E-state index in [4.69, 9.17) is 14.2 Å². The number of nitrogens with one attached hydrogen (secondary N) is 1. The topological polar surface area (TPSA) is 101 Å². The van der Waals surface area contributed by atoms with Crippen molar-refractivity contribution in [1.29, 1.82) is 5.26 Å². The summed E-state index contributed by atoms with van der Waals surface area (Å²) in [4.78, 5) is 26.0. The molecule has 0 saturated heterocycles. The average molecular weight is 361 g/mol. The van der Waals surface area contributed by atoms with Crippen LogP contribution in [0.15, 0.2) is 36.0 Å². The van der Waals surface area contributed by atoms with Crippen LogP contribution in [0.2, 0.25) is 0 Å². The summed E-state index contributed by atoms with van der Waals surface area (Å²) in [6.07, 6.45) is 1.45. The molecule has 0 aromatic heterocycles. The summed E-state index contributed by atoms with van der Waals surface area (Å²) < 4.78 is 14.8. The van der Waals surface area contributed by atoms with Gasteiger partial charge in [0.15, 0.2) is 0 Å². The molecule has 140 valence electrons. The molecule has 1 aromatic rings. The van der Waals surface area contributed by atoms with Gasteiger partial charge in [-0.15, -0.1) is 0 Å². The van der Waals surface area contributed by atoms with E-state index >= 15 is 0 Å². The highest BCUT2D eigenvalue weighted by Gasteiger charge is 2.16. The minimum absolute atomic E-state index is 0.100. The summed E-state index contributed by atoms with van der Waals surface area (Å²) in [5.74, 6) is -1.20. The number of hydrogen-bond donors (Lipinski definition) is 1. The van der Waals surface area contributed by atoms with Gasteiger partial charge in [0.25, 0.3) is 5.91 Å². The monoisotopic (exact) mass is 361 g/mol. The summed E-state index contributed by atoms with van der Waals surface area (Å²) in [7, 11) is 4.39. The van der Waals surface area contributed by atoms with E-state index in [1.165, 1.54) is 19.4 Å². The summed E-state index contributed by atoms with van der Waals surface area (Å²) in [5.41, 5.74) is 0.374. The molecule has 0 aliphatic rings. The van der Waals surface area contributed by atoms with Crippen molar-refractivity contribution in [3.8, 4) is 6.07 Å². The maximum Gasteiger partial charge on any atom is 0.339 e. The Kier molecular flexibility index (Phi) is 9.46. The van der Waals surface area contributed by atoms with Gasteiger partial charge < -0.3 is 24.4 Å². The van der Waals surface area contributed by atoms with Crippen molar-refractivity contribution < 1.29 is 23.8 Å². The molecule has 0 aliphatic carbocycles. The molecule has 1 amide bonds. The van der Waals surface area contributed by atoms with E-state index in [2.05, 4.69) is 5.32 Å². The molecule has 0 unspecified atom stereocenters. The molecule has 0 spiro atoms. The Labute approximate surface area is 152 Å². The number of para-hydroxylation sites is 1.